The highest BCUT2D eigenvalue weighted by Crippen LogP contribution is 2.31. The second-order valence-corrected chi connectivity index (χ2v) is 16.7. The fourth-order valence-electron chi connectivity index (χ4n) is 7.87. The third kappa shape index (κ3) is 11.1. The van der Waals surface area contributed by atoms with Crippen molar-refractivity contribution in [2.24, 2.45) is 0 Å². The van der Waals surface area contributed by atoms with Crippen LogP contribution in [0.3, 0.4) is 0 Å². The van der Waals surface area contributed by atoms with Crippen LogP contribution in [0.25, 0.3) is 56.6 Å². The molecule has 6 aromatic heterocycles. The van der Waals surface area contributed by atoms with Crippen LogP contribution in [0.4, 0.5) is 0 Å². The lowest BCUT2D eigenvalue weighted by atomic mass is 9.96. The molecule has 0 aliphatic carbocycles. The Morgan fingerprint density at radius 2 is 0.899 bits per heavy atom. The van der Waals surface area contributed by atoms with E-state index in [-0.39, 0.29) is 11.1 Å². The molecule has 0 saturated heterocycles. The summed E-state index contributed by atoms with van der Waals surface area (Å²) >= 11 is 0. The summed E-state index contributed by atoms with van der Waals surface area (Å²) in [5, 5.41) is 34.8. The van der Waals surface area contributed by atoms with Crippen molar-refractivity contribution in [3.63, 3.8) is 0 Å². The number of aryl methyl sites for hydroxylation is 4. The van der Waals surface area contributed by atoms with Crippen molar-refractivity contribution in [3.8, 4) is 45.0 Å². The average Bonchev–Trinajstić information content (AvgIpc) is 4.19. The molecular weight excluding hydrogens is 905 g/mol. The highest BCUT2D eigenvalue weighted by atomic mass is 32.3. The van der Waals surface area contributed by atoms with Gasteiger partial charge in [0.1, 0.15) is 11.6 Å². The van der Waals surface area contributed by atoms with Crippen molar-refractivity contribution in [1.29, 1.82) is 0 Å². The molecule has 6 N–H and O–H groups in total. The maximum absolute atomic E-state index is 13.1. The summed E-state index contributed by atoms with van der Waals surface area (Å²) in [4.78, 5) is 44.2. The van der Waals surface area contributed by atoms with E-state index in [2.05, 4.69) is 109 Å². The summed E-state index contributed by atoms with van der Waals surface area (Å²) in [7, 11) is -4.67. The van der Waals surface area contributed by atoms with Crippen LogP contribution in [0.1, 0.15) is 72.0 Å². The van der Waals surface area contributed by atoms with Crippen LogP contribution >= 0.6 is 0 Å². The lowest BCUT2D eigenvalue weighted by Gasteiger charge is -2.10. The number of tetrazole rings is 2. The zero-order valence-corrected chi connectivity index (χ0v) is 38.6. The number of rotatable bonds is 12. The van der Waals surface area contributed by atoms with E-state index in [1.54, 1.807) is 0 Å². The molecule has 0 fully saturated rings. The zero-order valence-electron chi connectivity index (χ0n) is 37.8. The van der Waals surface area contributed by atoms with E-state index in [1.807, 2.05) is 86.6 Å². The van der Waals surface area contributed by atoms with Gasteiger partial charge in [0.05, 0.1) is 11.4 Å². The Kier molecular flexibility index (Phi) is 14.1. The quantitative estimate of drug-likeness (QED) is 0.0814. The number of H-pyrrole nitrogens is 4. The van der Waals surface area contributed by atoms with Gasteiger partial charge in [0.25, 0.3) is 22.7 Å². The van der Waals surface area contributed by atoms with Gasteiger partial charge in [-0.3, -0.25) is 28.9 Å². The predicted molar refractivity (Wildman–Crippen MR) is 255 cm³/mol. The minimum absolute atomic E-state index is 0.0921. The Hall–Kier alpha value is -8.41. The highest BCUT2D eigenvalue weighted by Gasteiger charge is 2.18. The first kappa shape index (κ1) is 47.1. The number of hydrogen-bond donors (Lipinski definition) is 6. The van der Waals surface area contributed by atoms with Gasteiger partial charge in [-0.25, -0.2) is 9.97 Å². The van der Waals surface area contributed by atoms with Crippen LogP contribution in [0.5, 0.6) is 0 Å². The first-order valence-corrected chi connectivity index (χ1v) is 23.2. The molecule has 4 aromatic carbocycles. The van der Waals surface area contributed by atoms with E-state index in [4.69, 9.17) is 17.5 Å². The van der Waals surface area contributed by atoms with Gasteiger partial charge < -0.3 is 0 Å². The summed E-state index contributed by atoms with van der Waals surface area (Å²) < 4.78 is 34.4. The number of nitrogens with one attached hydrogen (secondary N) is 4. The smallest absolute Gasteiger partial charge is 0.275 e. The normalized spacial score (nSPS) is 11.3. The Labute approximate surface area is 392 Å². The maximum Gasteiger partial charge on any atom is 0.394 e. The van der Waals surface area contributed by atoms with Gasteiger partial charge in [0, 0.05) is 35.1 Å². The van der Waals surface area contributed by atoms with Crippen LogP contribution in [0.15, 0.2) is 107 Å². The van der Waals surface area contributed by atoms with Gasteiger partial charge in [-0.2, -0.15) is 37.8 Å². The monoisotopic (exact) mass is 950 g/mol. The van der Waals surface area contributed by atoms with Crippen molar-refractivity contribution in [1.82, 2.24) is 80.4 Å². The molecule has 0 saturated carbocycles. The number of aromatic amines is 4. The van der Waals surface area contributed by atoms with Crippen LogP contribution in [0, 0.1) is 13.8 Å². The largest absolute Gasteiger partial charge is 0.394 e. The van der Waals surface area contributed by atoms with Crippen LogP contribution in [-0.4, -0.2) is 97.9 Å². The van der Waals surface area contributed by atoms with Gasteiger partial charge in [0.2, 0.25) is 11.6 Å². The predicted octanol–water partition coefficient (Wildman–Crippen LogP) is 5.58. The third-order valence-corrected chi connectivity index (χ3v) is 10.9. The molecule has 69 heavy (non-hydrogen) atoms. The van der Waals surface area contributed by atoms with Gasteiger partial charge in [-0.1, -0.05) is 124 Å². The maximum atomic E-state index is 13.1. The van der Waals surface area contributed by atoms with Gasteiger partial charge in [-0.15, -0.1) is 20.4 Å². The van der Waals surface area contributed by atoms with E-state index in [0.717, 1.165) is 81.6 Å². The van der Waals surface area contributed by atoms with E-state index < -0.39 is 10.4 Å². The Morgan fingerprint density at radius 3 is 1.23 bits per heavy atom. The van der Waals surface area contributed by atoms with Crippen LogP contribution in [0.2, 0.25) is 0 Å². The van der Waals surface area contributed by atoms with Crippen molar-refractivity contribution >= 4 is 22.0 Å². The third-order valence-electron chi connectivity index (χ3n) is 10.9. The number of fused-ring (bicyclic) bond motifs is 2. The first-order chi connectivity index (χ1) is 33.3. The zero-order chi connectivity index (χ0) is 48.7. The Balaban J connectivity index is 0.000000170. The van der Waals surface area contributed by atoms with E-state index >= 15 is 0 Å². The molecule has 0 amide bonds. The van der Waals surface area contributed by atoms with Crippen molar-refractivity contribution in [3.05, 3.63) is 163 Å². The van der Waals surface area contributed by atoms with E-state index in [9.17, 15) is 9.59 Å². The van der Waals surface area contributed by atoms with Crippen molar-refractivity contribution < 1.29 is 17.5 Å². The topological polar surface area (TPSA) is 310 Å². The molecule has 6 heterocycles. The Bertz CT molecular complexity index is 3360. The molecular formula is C46H46N16O6S. The molecule has 0 aliphatic rings. The summed E-state index contributed by atoms with van der Waals surface area (Å²) in [6.45, 7) is 7.80. The van der Waals surface area contributed by atoms with Crippen molar-refractivity contribution in [2.45, 2.75) is 66.2 Å². The van der Waals surface area contributed by atoms with Crippen LogP contribution < -0.4 is 11.1 Å². The first-order valence-electron chi connectivity index (χ1n) is 21.8. The summed E-state index contributed by atoms with van der Waals surface area (Å²) in [6, 6.07) is 32.3. The molecule has 22 nitrogen and oxygen atoms in total. The fraction of sp³-hybridized carbons (Fsp3) is 0.217. The minimum Gasteiger partial charge on any atom is -0.275 e. The lowest BCUT2D eigenvalue weighted by Crippen LogP contribution is -2.23. The average molecular weight is 951 g/mol. The molecule has 0 aliphatic heterocycles. The lowest BCUT2D eigenvalue weighted by molar-refractivity contribution is 0.381. The molecule has 0 radical (unpaired) electrons. The minimum atomic E-state index is -4.67. The van der Waals surface area contributed by atoms with E-state index in [0.29, 0.717) is 58.8 Å². The second kappa shape index (κ2) is 20.6. The standard InChI is InChI=1S/2C23H22N8O.H2O4S/c2*1-3-6-20-19(22(32)31-23(25-20)24-14(2)28-31)13-15-9-11-16(12-10-15)17-7-4-5-8-18(17)21-26-29-30-27-21;1-5(2,3)4/h2*4-5,7-12H,3,6,13H2,1-2H3,(H,24,25,28)(H,26,27,29,30);(H2,1,2,3,4). The highest BCUT2D eigenvalue weighted by molar-refractivity contribution is 7.79. The number of aromatic nitrogens is 16. The van der Waals surface area contributed by atoms with Crippen LogP contribution in [-0.2, 0) is 36.1 Å². The number of hydrogen-bond acceptors (Lipinski definition) is 14. The number of benzene rings is 4. The number of nitrogens with zero attached hydrogens (tertiary/aromatic N) is 12. The fourth-order valence-corrected chi connectivity index (χ4v) is 7.87. The van der Waals surface area contributed by atoms with E-state index in [1.165, 1.54) is 9.03 Å². The Morgan fingerprint density at radius 1 is 0.536 bits per heavy atom. The molecule has 10 rings (SSSR count). The summed E-state index contributed by atoms with van der Waals surface area (Å²) in [5.74, 6) is 3.28. The van der Waals surface area contributed by atoms with Gasteiger partial charge in [-0.05, 0) is 70.5 Å². The second-order valence-electron chi connectivity index (χ2n) is 15.8. The molecule has 10 aromatic rings. The molecule has 0 unspecified atom stereocenters. The molecule has 0 atom stereocenters. The summed E-state index contributed by atoms with van der Waals surface area (Å²) in [5.41, 5.74) is 10.9. The van der Waals surface area contributed by atoms with Gasteiger partial charge in [0.15, 0.2) is 0 Å². The summed E-state index contributed by atoms with van der Waals surface area (Å²) in [6.07, 6.45) is 4.31. The molecule has 0 spiro atoms. The molecule has 352 valence electrons. The van der Waals surface area contributed by atoms with Gasteiger partial charge >= 0.3 is 10.4 Å². The molecule has 0 bridgehead atoms. The SMILES string of the molecule is CCCc1nc2nc(C)[nH]n2c(=O)c1Cc1ccc(-c2ccccc2-c2nn[nH]n2)cc1.CCCc1nc2nc(C)[nH]n2c(=O)c1Cc1ccc(-c2ccccc2-c2nn[nH]n2)cc1.O=S(=O)(O)O. The molecule has 23 heteroatoms. The van der Waals surface area contributed by atoms with Crippen molar-refractivity contribution in [2.75, 3.05) is 0 Å².